The Morgan fingerprint density at radius 1 is 1.07 bits per heavy atom. The van der Waals surface area contributed by atoms with E-state index in [1.54, 1.807) is 6.92 Å². The van der Waals surface area contributed by atoms with Crippen molar-refractivity contribution < 1.29 is 34.3 Å². The molecule has 14 nitrogen and oxygen atoms in total. The number of nitrogens with zero attached hydrogens (tertiary/aromatic N) is 7. The topological polar surface area (TPSA) is 167 Å². The number of carbonyl (C=O) groups excluding carboxylic acids is 2. The van der Waals surface area contributed by atoms with Crippen LogP contribution in [0.1, 0.15) is 67.6 Å². The molecule has 1 atom stereocenters. The molecule has 1 unspecified atom stereocenters. The second-order valence-corrected chi connectivity index (χ2v) is 10.2. The van der Waals surface area contributed by atoms with Gasteiger partial charge in [-0.3, -0.25) is 20.0 Å². The lowest BCUT2D eigenvalue weighted by Crippen LogP contribution is -2.19. The Morgan fingerprint density at radius 2 is 1.80 bits per heavy atom. The van der Waals surface area contributed by atoms with Crippen LogP contribution in [0.4, 0.5) is 4.79 Å². The molecule has 0 amide bonds. The van der Waals surface area contributed by atoms with Crippen molar-refractivity contribution in [2.45, 2.75) is 58.7 Å². The predicted octanol–water partition coefficient (Wildman–Crippen LogP) is 5.52. The van der Waals surface area contributed by atoms with Crippen molar-refractivity contribution in [1.82, 2.24) is 35.1 Å². The maximum absolute atomic E-state index is 12.0. The molecule has 2 N–H and O–H groups in total. The van der Waals surface area contributed by atoms with Crippen LogP contribution in [0.25, 0.3) is 22.5 Å². The molecule has 0 spiro atoms. The van der Waals surface area contributed by atoms with E-state index in [2.05, 4.69) is 32.2 Å². The van der Waals surface area contributed by atoms with Gasteiger partial charge in [0.2, 0.25) is 12.1 Å². The highest BCUT2D eigenvalue weighted by Gasteiger charge is 2.19. The van der Waals surface area contributed by atoms with Gasteiger partial charge in [-0.15, -0.1) is 15.0 Å². The molecule has 0 saturated heterocycles. The van der Waals surface area contributed by atoms with Crippen molar-refractivity contribution in [1.29, 1.82) is 0 Å². The number of rotatable bonds is 16. The Kier molecular flexibility index (Phi) is 11.9. The Bertz CT molecular complexity index is 1520. The third kappa shape index (κ3) is 8.67. The minimum absolute atomic E-state index is 0.0438. The van der Waals surface area contributed by atoms with E-state index >= 15 is 0 Å². The molecule has 44 heavy (non-hydrogen) atoms. The number of imidazole rings is 1. The molecule has 0 radical (unpaired) electrons. The number of aromatic nitrogens is 6. The number of ether oxygens (including phenoxy) is 2. The largest absolute Gasteiger partial charge is 0.510 e. The maximum atomic E-state index is 12.0. The molecule has 0 aliphatic rings. The van der Waals surface area contributed by atoms with E-state index in [9.17, 15) is 9.59 Å². The highest BCUT2D eigenvalue weighted by Crippen LogP contribution is 2.30. The first-order valence-corrected chi connectivity index (χ1v) is 14.5. The molecule has 0 saturated carbocycles. The van der Waals surface area contributed by atoms with E-state index in [-0.39, 0.29) is 23.8 Å². The van der Waals surface area contributed by atoms with Crippen LogP contribution in [0, 0.1) is 0 Å². The maximum Gasteiger partial charge on any atom is 0.510 e. The number of carbonyl (C=O) groups is 2. The quantitative estimate of drug-likeness (QED) is 0.0691. The van der Waals surface area contributed by atoms with Gasteiger partial charge in [0.25, 0.3) is 0 Å². The van der Waals surface area contributed by atoms with Gasteiger partial charge in [-0.1, -0.05) is 73.5 Å². The zero-order valence-electron chi connectivity index (χ0n) is 24.4. The van der Waals surface area contributed by atoms with E-state index in [1.807, 2.05) is 53.1 Å². The van der Waals surface area contributed by atoms with Gasteiger partial charge in [0.1, 0.15) is 11.5 Å². The van der Waals surface area contributed by atoms with Gasteiger partial charge in [-0.05, 0) is 48.1 Å². The first-order valence-electron chi connectivity index (χ1n) is 14.1. The number of halogens is 1. The summed E-state index contributed by atoms with van der Waals surface area (Å²) in [6.45, 7) is 4.25. The molecule has 2 aromatic carbocycles. The Morgan fingerprint density at radius 3 is 2.50 bits per heavy atom. The lowest BCUT2D eigenvalue weighted by atomic mass is 9.98. The van der Waals surface area contributed by atoms with Gasteiger partial charge in [-0.25, -0.2) is 9.78 Å². The van der Waals surface area contributed by atoms with Gasteiger partial charge in [-0.2, -0.15) is 0 Å². The zero-order valence-corrected chi connectivity index (χ0v) is 25.1. The van der Waals surface area contributed by atoms with Gasteiger partial charge in [0.15, 0.2) is 11.4 Å². The smallest absolute Gasteiger partial charge is 0.434 e. The standard InChI is InChI=1S/C29H34ClN7O7/c1-3-4-11-26-31-27(30)25(19-38)35(26)18-21-12-14-22(15-13-21)23-9-5-6-10-24(23)28-32-34-36(33-28)20(2)44-29(39)42-16-7-8-17-43-37(40)41/h5-6,9-10,12-15,19-20,40-41H,3-4,7-8,11,16-18H2,1-2H3. The molecular weight excluding hydrogens is 594 g/mol. The van der Waals surface area contributed by atoms with Crippen molar-refractivity contribution in [3.8, 4) is 22.5 Å². The number of unbranched alkanes of at least 4 members (excludes halogenated alkanes) is 2. The second-order valence-electron chi connectivity index (χ2n) is 9.80. The lowest BCUT2D eigenvalue weighted by Gasteiger charge is -2.12. The average molecular weight is 628 g/mol. The van der Waals surface area contributed by atoms with Crippen molar-refractivity contribution in [3.05, 3.63) is 70.8 Å². The summed E-state index contributed by atoms with van der Waals surface area (Å²) >= 11 is 6.24. The number of benzene rings is 2. The summed E-state index contributed by atoms with van der Waals surface area (Å²) in [5.74, 6) is 1.14. The van der Waals surface area contributed by atoms with Crippen LogP contribution in [0.3, 0.4) is 0 Å². The highest BCUT2D eigenvalue weighted by atomic mass is 35.5. The summed E-state index contributed by atoms with van der Waals surface area (Å²) < 4.78 is 12.1. The average Bonchev–Trinajstić information content (AvgIpc) is 3.62. The molecule has 0 bridgehead atoms. The third-order valence-corrected chi connectivity index (χ3v) is 6.94. The first kappa shape index (κ1) is 32.7. The molecule has 4 rings (SSSR count). The summed E-state index contributed by atoms with van der Waals surface area (Å²) in [5, 5.41) is 29.5. The van der Waals surface area contributed by atoms with Gasteiger partial charge in [0, 0.05) is 18.5 Å². The minimum Gasteiger partial charge on any atom is -0.434 e. The fourth-order valence-electron chi connectivity index (χ4n) is 4.41. The van der Waals surface area contributed by atoms with E-state index in [0.29, 0.717) is 30.9 Å². The van der Waals surface area contributed by atoms with Crippen LogP contribution >= 0.6 is 11.6 Å². The monoisotopic (exact) mass is 627 g/mol. The van der Waals surface area contributed by atoms with Crippen LogP contribution in [-0.4, -0.2) is 71.2 Å². The lowest BCUT2D eigenvalue weighted by molar-refractivity contribution is -0.492. The van der Waals surface area contributed by atoms with Gasteiger partial charge in [0.05, 0.1) is 18.6 Å². The third-order valence-electron chi connectivity index (χ3n) is 6.67. The summed E-state index contributed by atoms with van der Waals surface area (Å²) in [7, 11) is 0. The molecule has 234 valence electrons. The molecule has 4 aromatic rings. The summed E-state index contributed by atoms with van der Waals surface area (Å²) in [4.78, 5) is 33.8. The van der Waals surface area contributed by atoms with Crippen LogP contribution < -0.4 is 0 Å². The molecule has 0 aliphatic carbocycles. The normalized spacial score (nSPS) is 12.0. The number of tetrazole rings is 1. The Balaban J connectivity index is 1.41. The molecule has 0 aliphatic heterocycles. The fourth-order valence-corrected chi connectivity index (χ4v) is 4.66. The fraction of sp³-hybridized carbons (Fsp3) is 0.379. The number of aldehydes is 1. The molecule has 2 aromatic heterocycles. The first-order chi connectivity index (χ1) is 21.3. The van der Waals surface area contributed by atoms with E-state index in [4.69, 9.17) is 31.5 Å². The zero-order chi connectivity index (χ0) is 31.5. The summed E-state index contributed by atoms with van der Waals surface area (Å²) in [5.41, 5.74) is 3.90. The van der Waals surface area contributed by atoms with Crippen molar-refractivity contribution >= 4 is 24.0 Å². The van der Waals surface area contributed by atoms with Crippen molar-refractivity contribution in [3.63, 3.8) is 0 Å². The van der Waals surface area contributed by atoms with Crippen LogP contribution in [0.5, 0.6) is 0 Å². The Labute approximate surface area is 258 Å². The van der Waals surface area contributed by atoms with Gasteiger partial charge >= 0.3 is 6.16 Å². The van der Waals surface area contributed by atoms with Gasteiger partial charge < -0.3 is 14.0 Å². The second kappa shape index (κ2) is 16.0. The SMILES string of the molecule is CCCCc1nc(Cl)c(C=O)n1Cc1ccc(-c2ccccc2-c2nnn(C(C)OC(=O)OCCCCON(O)O)n2)cc1. The van der Waals surface area contributed by atoms with Crippen LogP contribution in [0.15, 0.2) is 48.5 Å². The molecule has 0 fully saturated rings. The molecular formula is C29H34ClN7O7. The Hall–Kier alpha value is -4.21. The van der Waals surface area contributed by atoms with E-state index in [0.717, 1.165) is 53.6 Å². The molecule has 15 heteroatoms. The van der Waals surface area contributed by atoms with E-state index in [1.165, 1.54) is 4.80 Å². The van der Waals surface area contributed by atoms with Crippen molar-refractivity contribution in [2.75, 3.05) is 13.2 Å². The van der Waals surface area contributed by atoms with E-state index < -0.39 is 12.4 Å². The number of hydrogen-bond acceptors (Lipinski definition) is 12. The van der Waals surface area contributed by atoms with Crippen LogP contribution in [-0.2, 0) is 27.3 Å². The van der Waals surface area contributed by atoms with Crippen molar-refractivity contribution in [2.24, 2.45) is 0 Å². The minimum atomic E-state index is -0.903. The predicted molar refractivity (Wildman–Crippen MR) is 157 cm³/mol. The molecule has 2 heterocycles. The number of hydrogen-bond donors (Lipinski definition) is 2. The summed E-state index contributed by atoms with van der Waals surface area (Å²) in [6.07, 6.45) is 2.51. The summed E-state index contributed by atoms with van der Waals surface area (Å²) in [6, 6.07) is 15.6. The highest BCUT2D eigenvalue weighted by molar-refractivity contribution is 6.31. The van der Waals surface area contributed by atoms with Crippen LogP contribution in [0.2, 0.25) is 5.15 Å². The number of aryl methyl sites for hydroxylation is 1.